The van der Waals surface area contributed by atoms with Gasteiger partial charge in [0, 0.05) is 26.7 Å². The molecule has 0 unspecified atom stereocenters. The zero-order valence-corrected chi connectivity index (χ0v) is 12.9. The largest absolute Gasteiger partial charge is 0.383 e. The van der Waals surface area contributed by atoms with Crippen LogP contribution >= 0.6 is 0 Å². The van der Waals surface area contributed by atoms with Gasteiger partial charge in [0.25, 0.3) is 0 Å². The molecule has 0 aromatic heterocycles. The van der Waals surface area contributed by atoms with Crippen LogP contribution in [0.15, 0.2) is 18.2 Å². The van der Waals surface area contributed by atoms with Crippen LogP contribution in [0.3, 0.4) is 0 Å². The summed E-state index contributed by atoms with van der Waals surface area (Å²) in [6.07, 6.45) is 5.40. The Bertz CT molecular complexity index is 460. The average Bonchev–Trinajstić information content (AvgIpc) is 2.50. The molecule has 0 saturated heterocycles. The lowest BCUT2D eigenvalue weighted by atomic mass is 9.90. The summed E-state index contributed by atoms with van der Waals surface area (Å²) in [6.45, 7) is 2.95. The standard InChI is InChI=1S/C17H26N2O2/c1-21-11-10-18-8-9-19-17(20)13-14-6-7-15-4-2-3-5-16(15)12-14/h6-7,12,18H,2-5,8-11,13H2,1H3,(H,19,20). The predicted octanol–water partition coefficient (Wildman–Crippen LogP) is 1.46. The normalized spacial score (nSPS) is 13.8. The van der Waals surface area contributed by atoms with Crippen LogP contribution in [0.5, 0.6) is 0 Å². The van der Waals surface area contributed by atoms with Gasteiger partial charge in [0.2, 0.25) is 5.91 Å². The lowest BCUT2D eigenvalue weighted by molar-refractivity contribution is -0.120. The fraction of sp³-hybridized carbons (Fsp3) is 0.588. The van der Waals surface area contributed by atoms with Crippen LogP contribution in [-0.2, 0) is 28.8 Å². The maximum absolute atomic E-state index is 11.9. The van der Waals surface area contributed by atoms with E-state index in [1.54, 1.807) is 7.11 Å². The monoisotopic (exact) mass is 290 g/mol. The van der Waals surface area contributed by atoms with Crippen LogP contribution in [0, 0.1) is 0 Å². The van der Waals surface area contributed by atoms with E-state index in [-0.39, 0.29) is 5.91 Å². The lowest BCUT2D eigenvalue weighted by Crippen LogP contribution is -2.33. The minimum absolute atomic E-state index is 0.0966. The average molecular weight is 290 g/mol. The molecule has 0 radical (unpaired) electrons. The van der Waals surface area contributed by atoms with Crippen molar-refractivity contribution in [2.75, 3.05) is 33.4 Å². The molecule has 1 aromatic carbocycles. The molecule has 4 nitrogen and oxygen atoms in total. The summed E-state index contributed by atoms with van der Waals surface area (Å²) in [7, 11) is 1.68. The van der Waals surface area contributed by atoms with Crippen molar-refractivity contribution in [1.82, 2.24) is 10.6 Å². The number of carbonyl (C=O) groups excluding carboxylic acids is 1. The predicted molar refractivity (Wildman–Crippen MR) is 84.5 cm³/mol. The Labute approximate surface area is 127 Å². The highest BCUT2D eigenvalue weighted by molar-refractivity contribution is 5.78. The molecular weight excluding hydrogens is 264 g/mol. The molecule has 1 amide bonds. The van der Waals surface area contributed by atoms with Gasteiger partial charge in [0.15, 0.2) is 0 Å². The summed E-state index contributed by atoms with van der Waals surface area (Å²) in [5.74, 6) is 0.0966. The highest BCUT2D eigenvalue weighted by atomic mass is 16.5. The molecule has 0 spiro atoms. The second-order valence-corrected chi connectivity index (χ2v) is 5.58. The van der Waals surface area contributed by atoms with E-state index in [4.69, 9.17) is 4.74 Å². The number of methoxy groups -OCH3 is 1. The van der Waals surface area contributed by atoms with Gasteiger partial charge in [-0.2, -0.15) is 0 Å². The van der Waals surface area contributed by atoms with Gasteiger partial charge in [-0.3, -0.25) is 4.79 Å². The van der Waals surface area contributed by atoms with E-state index in [1.165, 1.54) is 30.4 Å². The van der Waals surface area contributed by atoms with Crippen LogP contribution in [0.25, 0.3) is 0 Å². The topological polar surface area (TPSA) is 50.4 Å². The number of ether oxygens (including phenoxy) is 1. The van der Waals surface area contributed by atoms with Gasteiger partial charge >= 0.3 is 0 Å². The van der Waals surface area contributed by atoms with E-state index in [2.05, 4.69) is 28.8 Å². The van der Waals surface area contributed by atoms with Crippen molar-refractivity contribution in [3.8, 4) is 0 Å². The van der Waals surface area contributed by atoms with Gasteiger partial charge in [-0.1, -0.05) is 18.2 Å². The second kappa shape index (κ2) is 8.80. The van der Waals surface area contributed by atoms with Crippen molar-refractivity contribution < 1.29 is 9.53 Å². The van der Waals surface area contributed by atoms with Gasteiger partial charge in [-0.05, 0) is 42.4 Å². The van der Waals surface area contributed by atoms with Gasteiger partial charge in [0.1, 0.15) is 0 Å². The van der Waals surface area contributed by atoms with Crippen LogP contribution in [-0.4, -0.2) is 39.3 Å². The molecule has 21 heavy (non-hydrogen) atoms. The summed E-state index contributed by atoms with van der Waals surface area (Å²) >= 11 is 0. The third kappa shape index (κ3) is 5.48. The third-order valence-corrected chi connectivity index (χ3v) is 3.88. The molecule has 2 rings (SSSR count). The molecule has 0 heterocycles. The SMILES string of the molecule is COCCNCCNC(=O)Cc1ccc2c(c1)CCCC2. The van der Waals surface area contributed by atoms with E-state index in [0.717, 1.165) is 25.1 Å². The van der Waals surface area contributed by atoms with E-state index in [0.29, 0.717) is 19.6 Å². The number of aryl methyl sites for hydroxylation is 2. The van der Waals surface area contributed by atoms with Crippen molar-refractivity contribution in [2.45, 2.75) is 32.1 Å². The Kier molecular flexibility index (Phi) is 6.70. The van der Waals surface area contributed by atoms with E-state index in [9.17, 15) is 4.79 Å². The Hall–Kier alpha value is -1.39. The molecule has 4 heteroatoms. The Morgan fingerprint density at radius 1 is 1.14 bits per heavy atom. The first-order valence-electron chi connectivity index (χ1n) is 7.86. The number of rotatable bonds is 8. The Balaban J connectivity index is 1.70. The number of nitrogens with one attached hydrogen (secondary N) is 2. The number of benzene rings is 1. The summed E-state index contributed by atoms with van der Waals surface area (Å²) < 4.78 is 4.94. The maximum Gasteiger partial charge on any atom is 0.224 e. The minimum atomic E-state index is 0.0966. The van der Waals surface area contributed by atoms with Gasteiger partial charge < -0.3 is 15.4 Å². The van der Waals surface area contributed by atoms with Crippen LogP contribution in [0.1, 0.15) is 29.5 Å². The number of carbonyl (C=O) groups is 1. The Morgan fingerprint density at radius 2 is 1.95 bits per heavy atom. The van der Waals surface area contributed by atoms with Crippen LogP contribution in [0.2, 0.25) is 0 Å². The van der Waals surface area contributed by atoms with Crippen molar-refractivity contribution in [1.29, 1.82) is 0 Å². The van der Waals surface area contributed by atoms with Crippen LogP contribution < -0.4 is 10.6 Å². The van der Waals surface area contributed by atoms with E-state index < -0.39 is 0 Å². The zero-order valence-electron chi connectivity index (χ0n) is 12.9. The molecule has 0 saturated carbocycles. The molecule has 1 aromatic rings. The molecule has 2 N–H and O–H groups in total. The van der Waals surface area contributed by atoms with E-state index in [1.807, 2.05) is 0 Å². The van der Waals surface area contributed by atoms with Crippen molar-refractivity contribution in [3.63, 3.8) is 0 Å². The summed E-state index contributed by atoms with van der Waals surface area (Å²) in [5.41, 5.74) is 4.03. The van der Waals surface area contributed by atoms with Crippen molar-refractivity contribution >= 4 is 5.91 Å². The zero-order chi connectivity index (χ0) is 14.9. The Morgan fingerprint density at radius 3 is 2.76 bits per heavy atom. The summed E-state index contributed by atoms with van der Waals surface area (Å²) in [5, 5.41) is 6.15. The number of hydrogen-bond donors (Lipinski definition) is 2. The number of amides is 1. The van der Waals surface area contributed by atoms with E-state index >= 15 is 0 Å². The van der Waals surface area contributed by atoms with Crippen molar-refractivity contribution in [3.05, 3.63) is 34.9 Å². The maximum atomic E-state index is 11.9. The first-order valence-corrected chi connectivity index (χ1v) is 7.86. The summed E-state index contributed by atoms with van der Waals surface area (Å²) in [4.78, 5) is 11.9. The highest BCUT2D eigenvalue weighted by Crippen LogP contribution is 2.22. The van der Waals surface area contributed by atoms with Gasteiger partial charge in [0.05, 0.1) is 13.0 Å². The molecule has 0 fully saturated rings. The third-order valence-electron chi connectivity index (χ3n) is 3.88. The first-order chi connectivity index (χ1) is 10.3. The molecule has 0 atom stereocenters. The lowest BCUT2D eigenvalue weighted by Gasteiger charge is -2.16. The summed E-state index contributed by atoms with van der Waals surface area (Å²) in [6, 6.07) is 6.51. The second-order valence-electron chi connectivity index (χ2n) is 5.58. The van der Waals surface area contributed by atoms with Gasteiger partial charge in [-0.25, -0.2) is 0 Å². The smallest absolute Gasteiger partial charge is 0.224 e. The van der Waals surface area contributed by atoms with Crippen molar-refractivity contribution in [2.24, 2.45) is 0 Å². The molecule has 116 valence electrons. The fourth-order valence-corrected chi connectivity index (χ4v) is 2.73. The number of fused-ring (bicyclic) bond motifs is 1. The molecule has 0 bridgehead atoms. The van der Waals surface area contributed by atoms with Gasteiger partial charge in [-0.15, -0.1) is 0 Å². The minimum Gasteiger partial charge on any atom is -0.383 e. The quantitative estimate of drug-likeness (QED) is 0.713. The molecular formula is C17H26N2O2. The highest BCUT2D eigenvalue weighted by Gasteiger charge is 2.10. The van der Waals surface area contributed by atoms with Crippen LogP contribution in [0.4, 0.5) is 0 Å². The first kappa shape index (κ1) is 16.0. The number of hydrogen-bond acceptors (Lipinski definition) is 3. The molecule has 1 aliphatic carbocycles. The molecule has 1 aliphatic rings. The molecule has 0 aliphatic heterocycles. The fourth-order valence-electron chi connectivity index (χ4n) is 2.73.